The number of carbonyl (C=O) groups is 2. The molecule has 0 aliphatic rings. The molecule has 0 saturated heterocycles. The highest BCUT2D eigenvalue weighted by Crippen LogP contribution is 2.24. The van der Waals surface area contributed by atoms with Gasteiger partial charge in [-0.2, -0.15) is 0 Å². The van der Waals surface area contributed by atoms with Gasteiger partial charge >= 0.3 is 0 Å². The van der Waals surface area contributed by atoms with Crippen molar-refractivity contribution >= 4 is 39.1 Å². The zero-order valence-electron chi connectivity index (χ0n) is 16.1. The van der Waals surface area contributed by atoms with Crippen molar-refractivity contribution in [2.75, 3.05) is 24.3 Å². The first-order valence-electron chi connectivity index (χ1n) is 8.99. The van der Waals surface area contributed by atoms with Crippen molar-refractivity contribution in [1.82, 2.24) is 10.3 Å². The van der Waals surface area contributed by atoms with E-state index in [1.54, 1.807) is 48.8 Å². The summed E-state index contributed by atoms with van der Waals surface area (Å²) < 4.78 is 0.900. The molecule has 1 heterocycles. The SMILES string of the molecule is CN(C)c1ccc(NC(=O)c2ccc(Br)cc2)cc1C(=O)NCc1cccnc1. The van der Waals surface area contributed by atoms with Crippen molar-refractivity contribution in [2.45, 2.75) is 6.54 Å². The predicted octanol–water partition coefficient (Wildman–Crippen LogP) is 4.09. The van der Waals surface area contributed by atoms with Crippen LogP contribution < -0.4 is 15.5 Å². The molecule has 0 aliphatic heterocycles. The molecule has 0 unspecified atom stereocenters. The predicted molar refractivity (Wildman–Crippen MR) is 118 cm³/mol. The van der Waals surface area contributed by atoms with Gasteiger partial charge in [-0.3, -0.25) is 14.6 Å². The molecule has 2 aromatic carbocycles. The molecule has 2 amide bonds. The molecule has 3 aromatic rings. The first kappa shape index (κ1) is 20.5. The molecular weight excluding hydrogens is 432 g/mol. The number of carbonyl (C=O) groups excluding carboxylic acids is 2. The van der Waals surface area contributed by atoms with E-state index in [2.05, 4.69) is 31.5 Å². The Hall–Kier alpha value is -3.19. The average Bonchev–Trinajstić information content (AvgIpc) is 2.73. The van der Waals surface area contributed by atoms with E-state index in [9.17, 15) is 9.59 Å². The summed E-state index contributed by atoms with van der Waals surface area (Å²) >= 11 is 3.36. The van der Waals surface area contributed by atoms with E-state index in [4.69, 9.17) is 0 Å². The van der Waals surface area contributed by atoms with Crippen LogP contribution in [0.4, 0.5) is 11.4 Å². The molecule has 6 nitrogen and oxygen atoms in total. The number of pyridine rings is 1. The van der Waals surface area contributed by atoms with Crippen LogP contribution in [-0.2, 0) is 6.54 Å². The van der Waals surface area contributed by atoms with E-state index in [1.807, 2.05) is 37.2 Å². The lowest BCUT2D eigenvalue weighted by Crippen LogP contribution is -2.25. The molecule has 0 atom stereocenters. The quantitative estimate of drug-likeness (QED) is 0.590. The molecule has 0 spiro atoms. The van der Waals surface area contributed by atoms with Crippen LogP contribution in [0.1, 0.15) is 26.3 Å². The van der Waals surface area contributed by atoms with Crippen LogP contribution in [0.25, 0.3) is 0 Å². The standard InChI is InChI=1S/C22H21BrN4O2/c1-27(2)20-10-9-18(26-21(28)16-5-7-17(23)8-6-16)12-19(20)22(29)25-14-15-4-3-11-24-13-15/h3-13H,14H2,1-2H3,(H,25,29)(H,26,28). The molecule has 3 rings (SSSR count). The monoisotopic (exact) mass is 452 g/mol. The minimum Gasteiger partial charge on any atom is -0.377 e. The van der Waals surface area contributed by atoms with Gasteiger partial charge in [-0.05, 0) is 54.1 Å². The number of hydrogen-bond donors (Lipinski definition) is 2. The average molecular weight is 453 g/mol. The van der Waals surface area contributed by atoms with E-state index < -0.39 is 0 Å². The molecule has 0 fully saturated rings. The molecular formula is C22H21BrN4O2. The first-order valence-corrected chi connectivity index (χ1v) is 9.79. The smallest absolute Gasteiger partial charge is 0.255 e. The highest BCUT2D eigenvalue weighted by molar-refractivity contribution is 9.10. The van der Waals surface area contributed by atoms with Crippen molar-refractivity contribution in [3.8, 4) is 0 Å². The van der Waals surface area contributed by atoms with Gasteiger partial charge in [0.05, 0.1) is 5.56 Å². The third-order valence-electron chi connectivity index (χ3n) is 4.26. The lowest BCUT2D eigenvalue weighted by Gasteiger charge is -2.18. The summed E-state index contributed by atoms with van der Waals surface area (Å²) in [5, 5.41) is 5.76. The zero-order chi connectivity index (χ0) is 20.8. The molecule has 2 N–H and O–H groups in total. The van der Waals surface area contributed by atoms with E-state index >= 15 is 0 Å². The summed E-state index contributed by atoms with van der Waals surface area (Å²) in [6.07, 6.45) is 3.40. The minimum absolute atomic E-state index is 0.225. The largest absolute Gasteiger partial charge is 0.377 e. The summed E-state index contributed by atoms with van der Waals surface area (Å²) in [4.78, 5) is 31.2. The Kier molecular flexibility index (Phi) is 6.61. The number of nitrogens with one attached hydrogen (secondary N) is 2. The minimum atomic E-state index is -0.239. The van der Waals surface area contributed by atoms with E-state index in [0.29, 0.717) is 23.4 Å². The fourth-order valence-corrected chi connectivity index (χ4v) is 3.03. The van der Waals surface area contributed by atoms with Crippen LogP contribution in [0.2, 0.25) is 0 Å². The molecule has 0 bridgehead atoms. The summed E-state index contributed by atoms with van der Waals surface area (Å²) in [7, 11) is 3.74. The number of nitrogens with zero attached hydrogens (tertiary/aromatic N) is 2. The molecule has 0 radical (unpaired) electrons. The highest BCUT2D eigenvalue weighted by atomic mass is 79.9. The maximum Gasteiger partial charge on any atom is 0.255 e. The van der Waals surface area contributed by atoms with Crippen LogP contribution >= 0.6 is 15.9 Å². The molecule has 1 aromatic heterocycles. The van der Waals surface area contributed by atoms with Gasteiger partial charge in [0.25, 0.3) is 11.8 Å². The Balaban J connectivity index is 1.78. The third-order valence-corrected chi connectivity index (χ3v) is 4.79. The van der Waals surface area contributed by atoms with Crippen molar-refractivity contribution in [3.63, 3.8) is 0 Å². The Labute approximate surface area is 178 Å². The number of amides is 2. The van der Waals surface area contributed by atoms with Gasteiger partial charge < -0.3 is 15.5 Å². The van der Waals surface area contributed by atoms with Gasteiger partial charge in [-0.25, -0.2) is 0 Å². The van der Waals surface area contributed by atoms with E-state index in [0.717, 1.165) is 15.7 Å². The molecule has 0 saturated carbocycles. The number of halogens is 1. The molecule has 148 valence electrons. The lowest BCUT2D eigenvalue weighted by atomic mass is 10.1. The van der Waals surface area contributed by atoms with Gasteiger partial charge in [0.2, 0.25) is 0 Å². The number of benzene rings is 2. The first-order chi connectivity index (χ1) is 13.9. The number of rotatable bonds is 6. The third kappa shape index (κ3) is 5.42. The lowest BCUT2D eigenvalue weighted by molar-refractivity contribution is 0.0950. The van der Waals surface area contributed by atoms with Gasteiger partial charge in [0, 0.05) is 54.4 Å². The maximum absolute atomic E-state index is 12.8. The Morgan fingerprint density at radius 2 is 1.79 bits per heavy atom. The summed E-state index contributed by atoms with van der Waals surface area (Å²) in [6.45, 7) is 0.370. The van der Waals surface area contributed by atoms with Crippen LogP contribution in [0.15, 0.2) is 71.5 Å². The second-order valence-corrected chi connectivity index (χ2v) is 7.55. The molecule has 7 heteroatoms. The summed E-state index contributed by atoms with van der Waals surface area (Å²) in [5.41, 5.74) is 3.23. The Morgan fingerprint density at radius 3 is 2.45 bits per heavy atom. The normalized spacial score (nSPS) is 10.3. The van der Waals surface area contributed by atoms with Crippen LogP contribution in [0.5, 0.6) is 0 Å². The molecule has 29 heavy (non-hydrogen) atoms. The second-order valence-electron chi connectivity index (χ2n) is 6.63. The second kappa shape index (κ2) is 9.34. The van der Waals surface area contributed by atoms with Gasteiger partial charge in [0.1, 0.15) is 0 Å². The number of aromatic nitrogens is 1. The highest BCUT2D eigenvalue weighted by Gasteiger charge is 2.15. The fraction of sp³-hybridized carbons (Fsp3) is 0.136. The van der Waals surface area contributed by atoms with E-state index in [1.165, 1.54) is 0 Å². The van der Waals surface area contributed by atoms with Crippen LogP contribution in [-0.4, -0.2) is 30.9 Å². The van der Waals surface area contributed by atoms with Crippen molar-refractivity contribution < 1.29 is 9.59 Å². The summed E-state index contributed by atoms with van der Waals surface area (Å²) in [6, 6.07) is 16.1. The van der Waals surface area contributed by atoms with Crippen LogP contribution in [0.3, 0.4) is 0 Å². The van der Waals surface area contributed by atoms with Gasteiger partial charge in [-0.1, -0.05) is 22.0 Å². The zero-order valence-corrected chi connectivity index (χ0v) is 17.7. The van der Waals surface area contributed by atoms with Crippen molar-refractivity contribution in [2.24, 2.45) is 0 Å². The Bertz CT molecular complexity index is 1010. The van der Waals surface area contributed by atoms with Crippen molar-refractivity contribution in [1.29, 1.82) is 0 Å². The molecule has 0 aliphatic carbocycles. The maximum atomic E-state index is 12.8. The number of hydrogen-bond acceptors (Lipinski definition) is 4. The summed E-state index contributed by atoms with van der Waals surface area (Å²) in [5.74, 6) is -0.464. The number of anilines is 2. The van der Waals surface area contributed by atoms with Gasteiger partial charge in [0.15, 0.2) is 0 Å². The van der Waals surface area contributed by atoms with Gasteiger partial charge in [-0.15, -0.1) is 0 Å². The fourth-order valence-electron chi connectivity index (χ4n) is 2.77. The van der Waals surface area contributed by atoms with E-state index in [-0.39, 0.29) is 11.8 Å². The Morgan fingerprint density at radius 1 is 1.03 bits per heavy atom. The topological polar surface area (TPSA) is 74.3 Å². The van der Waals surface area contributed by atoms with Crippen molar-refractivity contribution in [3.05, 3.63) is 88.2 Å². The van der Waals surface area contributed by atoms with Crippen LogP contribution in [0, 0.1) is 0 Å².